The van der Waals surface area contributed by atoms with Crippen molar-refractivity contribution in [2.45, 2.75) is 37.8 Å². The lowest BCUT2D eigenvalue weighted by molar-refractivity contribution is -0.119. The molecule has 0 aliphatic carbocycles. The van der Waals surface area contributed by atoms with E-state index in [4.69, 9.17) is 0 Å². The van der Waals surface area contributed by atoms with Crippen molar-refractivity contribution >= 4 is 5.91 Å². The number of carbonyl (C=O) groups excluding carboxylic acids is 1. The van der Waals surface area contributed by atoms with Gasteiger partial charge in [-0.25, -0.2) is 0 Å². The van der Waals surface area contributed by atoms with Gasteiger partial charge in [0.2, 0.25) is 5.91 Å². The van der Waals surface area contributed by atoms with Crippen LogP contribution in [0.5, 0.6) is 0 Å². The summed E-state index contributed by atoms with van der Waals surface area (Å²) in [6.45, 7) is 1.77. The fourth-order valence-electron chi connectivity index (χ4n) is 3.55. The molecule has 27 heavy (non-hydrogen) atoms. The van der Waals surface area contributed by atoms with E-state index in [1.54, 1.807) is 6.20 Å². The average Bonchev–Trinajstić information content (AvgIpc) is 2.91. The third-order valence-electron chi connectivity index (χ3n) is 5.02. The van der Waals surface area contributed by atoms with Gasteiger partial charge in [-0.1, -0.05) is 30.3 Å². The van der Waals surface area contributed by atoms with Gasteiger partial charge in [-0.15, -0.1) is 0 Å². The lowest BCUT2D eigenvalue weighted by atomic mass is 10.1. The first-order valence-electron chi connectivity index (χ1n) is 8.98. The molecule has 0 unspecified atom stereocenters. The Hall–Kier alpha value is -2.32. The van der Waals surface area contributed by atoms with Gasteiger partial charge >= 0.3 is 0 Å². The topological polar surface area (TPSA) is 106 Å². The Morgan fingerprint density at radius 3 is 2.41 bits per heavy atom. The molecule has 3 rings (SSSR count). The fraction of sp³-hybridized carbons (Fsp3) is 0.400. The number of amides is 1. The largest absolute Gasteiger partial charge is 0.395 e. The van der Waals surface area contributed by atoms with Crippen LogP contribution in [0.15, 0.2) is 48.7 Å². The highest BCUT2D eigenvalue weighted by Gasteiger charge is 2.46. The Balaban J connectivity index is 1.77. The molecule has 1 aliphatic heterocycles. The van der Waals surface area contributed by atoms with Gasteiger partial charge in [0.15, 0.2) is 0 Å². The summed E-state index contributed by atoms with van der Waals surface area (Å²) in [6.07, 6.45) is -0.363. The minimum atomic E-state index is -1.07. The molecule has 1 aromatic heterocycles. The van der Waals surface area contributed by atoms with Crippen LogP contribution in [0.1, 0.15) is 12.5 Å². The van der Waals surface area contributed by atoms with Crippen LogP contribution in [0.25, 0.3) is 11.3 Å². The van der Waals surface area contributed by atoms with Crippen molar-refractivity contribution in [3.05, 3.63) is 54.2 Å². The van der Waals surface area contributed by atoms with E-state index in [1.165, 1.54) is 6.92 Å². The van der Waals surface area contributed by atoms with E-state index >= 15 is 0 Å². The summed E-state index contributed by atoms with van der Waals surface area (Å²) in [5.41, 5.74) is 2.85. The van der Waals surface area contributed by atoms with Crippen LogP contribution >= 0.6 is 0 Å². The molecule has 0 spiro atoms. The van der Waals surface area contributed by atoms with Gasteiger partial charge in [-0.05, 0) is 17.7 Å². The zero-order valence-electron chi connectivity index (χ0n) is 15.2. The molecule has 0 saturated carbocycles. The molecular formula is C20H25N3O4. The predicted octanol–water partition coefficient (Wildman–Crippen LogP) is 0.152. The second kappa shape index (κ2) is 8.58. The minimum Gasteiger partial charge on any atom is -0.395 e. The molecule has 4 N–H and O–H groups in total. The van der Waals surface area contributed by atoms with Crippen LogP contribution in [0.3, 0.4) is 0 Å². The summed E-state index contributed by atoms with van der Waals surface area (Å²) < 4.78 is 0. The van der Waals surface area contributed by atoms with Crippen LogP contribution in [0.4, 0.5) is 0 Å². The maximum absolute atomic E-state index is 11.2. The third kappa shape index (κ3) is 4.33. The lowest BCUT2D eigenvalue weighted by Crippen LogP contribution is -2.46. The molecule has 7 nitrogen and oxygen atoms in total. The monoisotopic (exact) mass is 371 g/mol. The molecule has 2 aromatic rings. The Labute approximate surface area is 158 Å². The van der Waals surface area contributed by atoms with Crippen molar-refractivity contribution in [3.63, 3.8) is 0 Å². The molecule has 1 fully saturated rings. The summed E-state index contributed by atoms with van der Waals surface area (Å²) in [7, 11) is 0. The molecule has 0 bridgehead atoms. The average molecular weight is 371 g/mol. The zero-order valence-corrected chi connectivity index (χ0v) is 15.2. The lowest BCUT2D eigenvalue weighted by Gasteiger charge is -2.29. The summed E-state index contributed by atoms with van der Waals surface area (Å²) >= 11 is 0. The molecule has 7 heteroatoms. The van der Waals surface area contributed by atoms with Gasteiger partial charge in [0.05, 0.1) is 36.6 Å². The van der Waals surface area contributed by atoms with E-state index in [2.05, 4.69) is 10.3 Å². The highest BCUT2D eigenvalue weighted by Crippen LogP contribution is 2.27. The highest BCUT2D eigenvalue weighted by molar-refractivity contribution is 5.72. The number of hydrogen-bond donors (Lipinski definition) is 4. The first-order valence-corrected chi connectivity index (χ1v) is 8.98. The van der Waals surface area contributed by atoms with Gasteiger partial charge in [0, 0.05) is 31.8 Å². The van der Waals surface area contributed by atoms with E-state index in [9.17, 15) is 20.1 Å². The van der Waals surface area contributed by atoms with E-state index in [0.717, 1.165) is 16.8 Å². The Kier molecular flexibility index (Phi) is 6.18. The number of rotatable bonds is 6. The standard InChI is InChI=1S/C20H25N3O4/c1-13(25)22-10-17-19(26)20(27)18(12-24)23(17)11-14-5-7-15(8-6-14)16-4-2-3-9-21-16/h2-9,17-20,24,26-27H,10-12H2,1H3,(H,22,25)/t17-,18-,19-,20-/m1/s1. The summed E-state index contributed by atoms with van der Waals surface area (Å²) in [5.74, 6) is -0.205. The van der Waals surface area contributed by atoms with Crippen LogP contribution in [0.2, 0.25) is 0 Å². The van der Waals surface area contributed by atoms with Crippen LogP contribution in [0, 0.1) is 0 Å². The third-order valence-corrected chi connectivity index (χ3v) is 5.02. The summed E-state index contributed by atoms with van der Waals surface area (Å²) in [4.78, 5) is 17.4. The smallest absolute Gasteiger partial charge is 0.216 e. The van der Waals surface area contributed by atoms with Gasteiger partial charge in [0.1, 0.15) is 0 Å². The van der Waals surface area contributed by atoms with Crippen molar-refractivity contribution in [1.29, 1.82) is 0 Å². The number of likely N-dealkylation sites (tertiary alicyclic amines) is 1. The normalized spacial score (nSPS) is 25.5. The second-order valence-corrected chi connectivity index (χ2v) is 6.82. The van der Waals surface area contributed by atoms with Crippen molar-refractivity contribution in [2.75, 3.05) is 13.2 Å². The fourth-order valence-corrected chi connectivity index (χ4v) is 3.55. The number of nitrogens with zero attached hydrogens (tertiary/aromatic N) is 2. The van der Waals surface area contributed by atoms with Gasteiger partial charge in [-0.3, -0.25) is 14.7 Å². The number of aliphatic hydroxyl groups is 3. The van der Waals surface area contributed by atoms with Crippen LogP contribution < -0.4 is 5.32 Å². The first-order chi connectivity index (χ1) is 13.0. The molecule has 1 saturated heterocycles. The molecule has 144 valence electrons. The van der Waals surface area contributed by atoms with Crippen molar-refractivity contribution in [3.8, 4) is 11.3 Å². The maximum atomic E-state index is 11.2. The number of pyridine rings is 1. The first kappa shape index (κ1) is 19.4. The maximum Gasteiger partial charge on any atom is 0.216 e. The van der Waals surface area contributed by atoms with E-state index < -0.39 is 24.3 Å². The predicted molar refractivity (Wildman–Crippen MR) is 101 cm³/mol. The minimum absolute atomic E-state index is 0.204. The molecule has 1 amide bonds. The van der Waals surface area contributed by atoms with Crippen molar-refractivity contribution < 1.29 is 20.1 Å². The van der Waals surface area contributed by atoms with Gasteiger partial charge in [0.25, 0.3) is 0 Å². The quantitative estimate of drug-likeness (QED) is 0.576. The van der Waals surface area contributed by atoms with E-state index in [1.807, 2.05) is 47.4 Å². The van der Waals surface area contributed by atoms with E-state index in [0.29, 0.717) is 6.54 Å². The molecule has 2 heterocycles. The Morgan fingerprint density at radius 1 is 1.11 bits per heavy atom. The number of benzene rings is 1. The Morgan fingerprint density at radius 2 is 1.81 bits per heavy atom. The van der Waals surface area contributed by atoms with Crippen molar-refractivity contribution in [1.82, 2.24) is 15.2 Å². The number of aliphatic hydroxyl groups excluding tert-OH is 3. The number of carbonyl (C=O) groups is 1. The Bertz CT molecular complexity index is 754. The summed E-state index contributed by atoms with van der Waals surface area (Å²) in [6, 6.07) is 12.5. The second-order valence-electron chi connectivity index (χ2n) is 6.82. The van der Waals surface area contributed by atoms with Crippen LogP contribution in [-0.2, 0) is 11.3 Å². The highest BCUT2D eigenvalue weighted by atomic mass is 16.3. The number of hydrogen-bond acceptors (Lipinski definition) is 6. The SMILES string of the molecule is CC(=O)NC[C@@H]1[C@@H](O)[C@H](O)[C@@H](CO)N1Cc1ccc(-c2ccccn2)cc1. The van der Waals surface area contributed by atoms with Gasteiger partial charge < -0.3 is 20.6 Å². The number of aromatic nitrogens is 1. The molecule has 4 atom stereocenters. The summed E-state index contributed by atoms with van der Waals surface area (Å²) in [5, 5.41) is 33.0. The number of nitrogens with one attached hydrogen (secondary N) is 1. The van der Waals surface area contributed by atoms with Crippen LogP contribution in [-0.4, -0.2) is 68.6 Å². The zero-order chi connectivity index (χ0) is 19.4. The van der Waals surface area contributed by atoms with Gasteiger partial charge in [-0.2, -0.15) is 0 Å². The van der Waals surface area contributed by atoms with E-state index in [-0.39, 0.29) is 19.1 Å². The molecular weight excluding hydrogens is 346 g/mol. The molecule has 1 aliphatic rings. The molecule has 1 aromatic carbocycles. The molecule has 0 radical (unpaired) electrons. The van der Waals surface area contributed by atoms with Crippen molar-refractivity contribution in [2.24, 2.45) is 0 Å².